The number of nitro benzene ring substituents is 1. The Morgan fingerprint density at radius 1 is 1.50 bits per heavy atom. The van der Waals surface area contributed by atoms with Gasteiger partial charge in [0, 0.05) is 32.3 Å². The van der Waals surface area contributed by atoms with Crippen molar-refractivity contribution >= 4 is 5.69 Å². The van der Waals surface area contributed by atoms with Gasteiger partial charge in [-0.25, -0.2) is 0 Å². The van der Waals surface area contributed by atoms with Crippen molar-refractivity contribution in [2.75, 3.05) is 33.4 Å². The number of methoxy groups -OCH3 is 1. The summed E-state index contributed by atoms with van der Waals surface area (Å²) in [7, 11) is 1.61. The minimum absolute atomic E-state index is 0.0247. The lowest BCUT2D eigenvalue weighted by molar-refractivity contribution is -0.384. The van der Waals surface area contributed by atoms with Crippen LogP contribution in [0.3, 0.4) is 0 Å². The lowest BCUT2D eigenvalue weighted by Gasteiger charge is -2.14. The molecule has 0 spiro atoms. The summed E-state index contributed by atoms with van der Waals surface area (Å²) in [6.45, 7) is 3.48. The molecule has 1 aromatic rings. The predicted molar refractivity (Wildman–Crippen MR) is 74.1 cm³/mol. The molecule has 0 aliphatic rings. The molecule has 20 heavy (non-hydrogen) atoms. The fourth-order valence-corrected chi connectivity index (χ4v) is 1.60. The second-order valence-corrected chi connectivity index (χ2v) is 4.37. The van der Waals surface area contributed by atoms with E-state index in [9.17, 15) is 15.2 Å². The van der Waals surface area contributed by atoms with Crippen LogP contribution in [0, 0.1) is 17.0 Å². The van der Waals surface area contributed by atoms with E-state index in [4.69, 9.17) is 9.47 Å². The molecule has 112 valence electrons. The van der Waals surface area contributed by atoms with Crippen LogP contribution in [0.15, 0.2) is 18.2 Å². The molecule has 7 nitrogen and oxygen atoms in total. The van der Waals surface area contributed by atoms with Crippen LogP contribution < -0.4 is 10.1 Å². The second-order valence-electron chi connectivity index (χ2n) is 4.37. The van der Waals surface area contributed by atoms with E-state index in [1.807, 2.05) is 0 Å². The average molecular weight is 284 g/mol. The van der Waals surface area contributed by atoms with Crippen molar-refractivity contribution in [3.8, 4) is 5.75 Å². The van der Waals surface area contributed by atoms with Gasteiger partial charge in [0.25, 0.3) is 5.69 Å². The molecule has 7 heteroatoms. The van der Waals surface area contributed by atoms with Crippen molar-refractivity contribution in [2.45, 2.75) is 13.0 Å². The molecular formula is C13H20N2O5. The second kappa shape index (κ2) is 8.47. The van der Waals surface area contributed by atoms with Crippen molar-refractivity contribution in [1.29, 1.82) is 0 Å². The van der Waals surface area contributed by atoms with Crippen LogP contribution in [0.1, 0.15) is 5.56 Å². The fraction of sp³-hybridized carbons (Fsp3) is 0.538. The zero-order valence-corrected chi connectivity index (χ0v) is 11.7. The number of aliphatic hydroxyl groups is 1. The first-order chi connectivity index (χ1) is 9.54. The summed E-state index contributed by atoms with van der Waals surface area (Å²) in [5.41, 5.74) is 0.690. The van der Waals surface area contributed by atoms with Crippen LogP contribution in [0.5, 0.6) is 5.75 Å². The molecule has 0 bridgehead atoms. The average Bonchev–Trinajstić information content (AvgIpc) is 2.42. The molecule has 1 aromatic carbocycles. The highest BCUT2D eigenvalue weighted by atomic mass is 16.6. The number of benzene rings is 1. The zero-order chi connectivity index (χ0) is 15.0. The van der Waals surface area contributed by atoms with Crippen LogP contribution in [0.4, 0.5) is 5.69 Å². The van der Waals surface area contributed by atoms with Crippen molar-refractivity contribution in [3.05, 3.63) is 33.9 Å². The van der Waals surface area contributed by atoms with E-state index in [1.54, 1.807) is 20.1 Å². The SMILES string of the molecule is COCCNCC(O)COc1ccc([N+](=O)[O-])cc1C. The summed E-state index contributed by atoms with van der Waals surface area (Å²) in [4.78, 5) is 10.2. The monoisotopic (exact) mass is 284 g/mol. The number of hydrogen-bond acceptors (Lipinski definition) is 6. The summed E-state index contributed by atoms with van der Waals surface area (Å²) in [6, 6.07) is 4.36. The number of rotatable bonds is 9. The molecule has 0 fully saturated rings. The van der Waals surface area contributed by atoms with Crippen molar-refractivity contribution in [2.24, 2.45) is 0 Å². The number of ether oxygens (including phenoxy) is 2. The van der Waals surface area contributed by atoms with E-state index in [-0.39, 0.29) is 12.3 Å². The van der Waals surface area contributed by atoms with Gasteiger partial charge in [-0.15, -0.1) is 0 Å². The Balaban J connectivity index is 2.39. The van der Waals surface area contributed by atoms with Crippen LogP contribution >= 0.6 is 0 Å². The van der Waals surface area contributed by atoms with Gasteiger partial charge in [0.2, 0.25) is 0 Å². The largest absolute Gasteiger partial charge is 0.491 e. The number of aliphatic hydroxyl groups excluding tert-OH is 1. The van der Waals surface area contributed by atoms with E-state index in [0.717, 1.165) is 0 Å². The third-order valence-electron chi connectivity index (χ3n) is 2.66. The lowest BCUT2D eigenvalue weighted by atomic mass is 10.2. The highest BCUT2D eigenvalue weighted by Gasteiger charge is 2.10. The van der Waals surface area contributed by atoms with Gasteiger partial charge < -0.3 is 19.9 Å². The van der Waals surface area contributed by atoms with E-state index >= 15 is 0 Å². The number of non-ortho nitro benzene ring substituents is 1. The van der Waals surface area contributed by atoms with Gasteiger partial charge in [-0.1, -0.05) is 0 Å². The molecule has 0 saturated heterocycles. The molecule has 1 atom stereocenters. The molecule has 1 rings (SSSR count). The third kappa shape index (κ3) is 5.52. The van der Waals surface area contributed by atoms with Crippen LogP contribution in [-0.2, 0) is 4.74 Å². The fourth-order valence-electron chi connectivity index (χ4n) is 1.60. The first-order valence-corrected chi connectivity index (χ1v) is 6.30. The molecule has 0 radical (unpaired) electrons. The Hall–Kier alpha value is -1.70. The number of aryl methyl sites for hydroxylation is 1. The van der Waals surface area contributed by atoms with Gasteiger partial charge in [-0.3, -0.25) is 10.1 Å². The summed E-state index contributed by atoms with van der Waals surface area (Å²) < 4.78 is 10.3. The van der Waals surface area contributed by atoms with E-state index in [2.05, 4.69) is 5.32 Å². The number of nitro groups is 1. The number of nitrogens with zero attached hydrogens (tertiary/aromatic N) is 1. The summed E-state index contributed by atoms with van der Waals surface area (Å²) >= 11 is 0. The first kappa shape index (κ1) is 16.4. The van der Waals surface area contributed by atoms with Crippen LogP contribution in [-0.4, -0.2) is 49.5 Å². The topological polar surface area (TPSA) is 93.9 Å². The molecule has 0 aliphatic heterocycles. The van der Waals surface area contributed by atoms with Gasteiger partial charge in [-0.2, -0.15) is 0 Å². The molecule has 0 amide bonds. The molecular weight excluding hydrogens is 264 g/mol. The maximum absolute atomic E-state index is 10.6. The molecule has 2 N–H and O–H groups in total. The standard InChI is InChI=1S/C13H20N2O5/c1-10-7-11(15(17)18)3-4-13(10)20-9-12(16)8-14-5-6-19-2/h3-4,7,12,14,16H,5-6,8-9H2,1-2H3. The van der Waals surface area contributed by atoms with Gasteiger partial charge >= 0.3 is 0 Å². The van der Waals surface area contributed by atoms with Crippen LogP contribution in [0.2, 0.25) is 0 Å². The molecule has 0 aromatic heterocycles. The lowest BCUT2D eigenvalue weighted by Crippen LogP contribution is -2.33. The van der Waals surface area contributed by atoms with Gasteiger partial charge in [0.1, 0.15) is 18.5 Å². The Labute approximate surface area is 117 Å². The van der Waals surface area contributed by atoms with Crippen molar-refractivity contribution < 1.29 is 19.5 Å². The first-order valence-electron chi connectivity index (χ1n) is 6.30. The Bertz CT molecular complexity index is 439. The van der Waals surface area contributed by atoms with E-state index in [1.165, 1.54) is 12.1 Å². The van der Waals surface area contributed by atoms with Crippen molar-refractivity contribution in [1.82, 2.24) is 5.32 Å². The number of nitrogens with one attached hydrogen (secondary N) is 1. The molecule has 0 saturated carbocycles. The predicted octanol–water partition coefficient (Wildman–Crippen LogP) is 0.879. The molecule has 1 unspecified atom stereocenters. The van der Waals surface area contributed by atoms with Gasteiger partial charge in [0.05, 0.1) is 11.5 Å². The third-order valence-corrected chi connectivity index (χ3v) is 2.66. The quantitative estimate of drug-likeness (QED) is 0.397. The molecule has 0 heterocycles. The Morgan fingerprint density at radius 2 is 2.25 bits per heavy atom. The van der Waals surface area contributed by atoms with Gasteiger partial charge in [-0.05, 0) is 18.6 Å². The summed E-state index contributed by atoms with van der Waals surface area (Å²) in [6.07, 6.45) is -0.651. The molecule has 0 aliphatic carbocycles. The number of hydrogen-bond donors (Lipinski definition) is 2. The maximum atomic E-state index is 10.6. The van der Waals surface area contributed by atoms with E-state index < -0.39 is 11.0 Å². The van der Waals surface area contributed by atoms with Gasteiger partial charge in [0.15, 0.2) is 0 Å². The Kier molecular flexibility index (Phi) is 6.92. The maximum Gasteiger partial charge on any atom is 0.269 e. The minimum atomic E-state index is -0.651. The highest BCUT2D eigenvalue weighted by molar-refractivity contribution is 5.42. The highest BCUT2D eigenvalue weighted by Crippen LogP contribution is 2.23. The minimum Gasteiger partial charge on any atom is -0.491 e. The smallest absolute Gasteiger partial charge is 0.269 e. The zero-order valence-electron chi connectivity index (χ0n) is 11.7. The van der Waals surface area contributed by atoms with Crippen molar-refractivity contribution in [3.63, 3.8) is 0 Å². The Morgan fingerprint density at radius 3 is 2.85 bits per heavy atom. The van der Waals surface area contributed by atoms with Crippen LogP contribution in [0.25, 0.3) is 0 Å². The summed E-state index contributed by atoms with van der Waals surface area (Å²) in [5, 5.41) is 23.3. The van der Waals surface area contributed by atoms with E-state index in [0.29, 0.717) is 31.0 Å². The summed E-state index contributed by atoms with van der Waals surface area (Å²) in [5.74, 6) is 0.534. The normalized spacial score (nSPS) is 12.2.